The zero-order chi connectivity index (χ0) is 22.9. The molecule has 0 radical (unpaired) electrons. The summed E-state index contributed by atoms with van der Waals surface area (Å²) in [5, 5.41) is 3.25. The van der Waals surface area contributed by atoms with E-state index in [2.05, 4.69) is 10.3 Å². The Morgan fingerprint density at radius 3 is 2.62 bits per heavy atom. The number of nitrogens with zero attached hydrogens (tertiary/aromatic N) is 3. The molecule has 0 bridgehead atoms. The van der Waals surface area contributed by atoms with E-state index in [9.17, 15) is 18.0 Å². The van der Waals surface area contributed by atoms with Crippen molar-refractivity contribution < 1.29 is 13.2 Å². The van der Waals surface area contributed by atoms with E-state index in [0.29, 0.717) is 23.1 Å². The average molecular weight is 455 g/mol. The molecule has 0 unspecified atom stereocenters. The molecule has 4 rings (SSSR count). The summed E-state index contributed by atoms with van der Waals surface area (Å²) in [5.41, 5.74) is 1.58. The Labute approximate surface area is 186 Å². The SMILES string of the molecule is Cc1ccc(NC(=O)Cn2c(=O)ncc3cc(S(=O)(=O)N4CCCC[C@@H]4C)ccc32)cc1. The van der Waals surface area contributed by atoms with Gasteiger partial charge >= 0.3 is 5.69 Å². The van der Waals surface area contributed by atoms with Crippen LogP contribution in [0.25, 0.3) is 10.9 Å². The average Bonchev–Trinajstić information content (AvgIpc) is 2.77. The molecule has 1 N–H and O–H groups in total. The van der Waals surface area contributed by atoms with Gasteiger partial charge in [0.05, 0.1) is 10.4 Å². The monoisotopic (exact) mass is 454 g/mol. The van der Waals surface area contributed by atoms with Crippen molar-refractivity contribution in [3.63, 3.8) is 0 Å². The molecule has 8 nitrogen and oxygen atoms in total. The van der Waals surface area contributed by atoms with E-state index >= 15 is 0 Å². The molecule has 0 aliphatic carbocycles. The van der Waals surface area contributed by atoms with Gasteiger partial charge in [0.1, 0.15) is 6.54 Å². The Morgan fingerprint density at radius 2 is 1.91 bits per heavy atom. The minimum absolute atomic E-state index is 0.0537. The molecular formula is C23H26N4O4S. The Morgan fingerprint density at radius 1 is 1.16 bits per heavy atom. The third-order valence-electron chi connectivity index (χ3n) is 5.82. The highest BCUT2D eigenvalue weighted by molar-refractivity contribution is 7.89. The van der Waals surface area contributed by atoms with E-state index in [-0.39, 0.29) is 23.4 Å². The number of aromatic nitrogens is 2. The highest BCUT2D eigenvalue weighted by atomic mass is 32.2. The van der Waals surface area contributed by atoms with Crippen LogP contribution in [0.4, 0.5) is 5.69 Å². The predicted octanol–water partition coefficient (Wildman–Crippen LogP) is 2.91. The standard InChI is InChI=1S/C23H26N4O4S/c1-16-6-8-19(9-7-16)25-22(28)15-26-21-11-10-20(13-18(21)14-24-23(26)29)32(30,31)27-12-4-3-5-17(27)2/h6-11,13-14,17H,3-5,12,15H2,1-2H3,(H,25,28)/t17-/m0/s1. The fourth-order valence-electron chi connectivity index (χ4n) is 4.04. The molecule has 1 amide bonds. The first-order valence-corrected chi connectivity index (χ1v) is 12.1. The normalized spacial score (nSPS) is 17.4. The van der Waals surface area contributed by atoms with Crippen molar-refractivity contribution >= 4 is 32.5 Å². The van der Waals surface area contributed by atoms with Gasteiger partial charge in [-0.3, -0.25) is 9.36 Å². The van der Waals surface area contributed by atoms with Gasteiger partial charge in [0.15, 0.2) is 0 Å². The summed E-state index contributed by atoms with van der Waals surface area (Å²) in [6, 6.07) is 11.9. The topological polar surface area (TPSA) is 101 Å². The van der Waals surface area contributed by atoms with E-state index < -0.39 is 15.7 Å². The number of fused-ring (bicyclic) bond motifs is 1. The van der Waals surface area contributed by atoms with Gasteiger partial charge in [-0.05, 0) is 57.0 Å². The molecule has 32 heavy (non-hydrogen) atoms. The lowest BCUT2D eigenvalue weighted by Crippen LogP contribution is -2.41. The van der Waals surface area contributed by atoms with Crippen LogP contribution in [-0.2, 0) is 21.4 Å². The molecule has 1 saturated heterocycles. The fourth-order valence-corrected chi connectivity index (χ4v) is 5.77. The third kappa shape index (κ3) is 4.44. The largest absolute Gasteiger partial charge is 0.348 e. The number of nitrogens with one attached hydrogen (secondary N) is 1. The van der Waals surface area contributed by atoms with Crippen LogP contribution >= 0.6 is 0 Å². The van der Waals surface area contributed by atoms with Crippen LogP contribution in [0.15, 0.2) is 58.4 Å². The number of carbonyl (C=O) groups is 1. The number of amides is 1. The number of benzene rings is 2. The van der Waals surface area contributed by atoms with Gasteiger partial charge in [-0.1, -0.05) is 24.1 Å². The maximum absolute atomic E-state index is 13.2. The molecule has 2 heterocycles. The molecule has 1 aliphatic heterocycles. The van der Waals surface area contributed by atoms with Crippen molar-refractivity contribution in [2.75, 3.05) is 11.9 Å². The first kappa shape index (κ1) is 22.2. The van der Waals surface area contributed by atoms with Crippen molar-refractivity contribution in [3.8, 4) is 0 Å². The van der Waals surface area contributed by atoms with Crippen LogP contribution < -0.4 is 11.0 Å². The van der Waals surface area contributed by atoms with Crippen molar-refractivity contribution in [3.05, 3.63) is 64.7 Å². The fraction of sp³-hybridized carbons (Fsp3) is 0.348. The summed E-state index contributed by atoms with van der Waals surface area (Å²) in [5.74, 6) is -0.371. The first-order valence-electron chi connectivity index (χ1n) is 10.6. The Kier molecular flexibility index (Phi) is 6.12. The molecule has 1 aliphatic rings. The predicted molar refractivity (Wildman–Crippen MR) is 123 cm³/mol. The second kappa shape index (κ2) is 8.84. The number of hydrogen-bond acceptors (Lipinski definition) is 5. The molecular weight excluding hydrogens is 428 g/mol. The number of rotatable bonds is 5. The van der Waals surface area contributed by atoms with Crippen LogP contribution in [0.5, 0.6) is 0 Å². The van der Waals surface area contributed by atoms with E-state index in [1.165, 1.54) is 27.2 Å². The number of carbonyl (C=O) groups excluding carboxylic acids is 1. The van der Waals surface area contributed by atoms with Gasteiger partial charge in [0.2, 0.25) is 15.9 Å². The summed E-state index contributed by atoms with van der Waals surface area (Å²) in [4.78, 5) is 28.9. The molecule has 0 saturated carbocycles. The smallest absolute Gasteiger partial charge is 0.325 e. The van der Waals surface area contributed by atoms with Gasteiger partial charge in [-0.15, -0.1) is 0 Å². The summed E-state index contributed by atoms with van der Waals surface area (Å²) in [7, 11) is -3.65. The Balaban J connectivity index is 1.63. The van der Waals surface area contributed by atoms with Crippen LogP contribution in [0.3, 0.4) is 0 Å². The van der Waals surface area contributed by atoms with Gasteiger partial charge in [0.25, 0.3) is 0 Å². The lowest BCUT2D eigenvalue weighted by atomic mass is 10.1. The highest BCUT2D eigenvalue weighted by Crippen LogP contribution is 2.27. The lowest BCUT2D eigenvalue weighted by molar-refractivity contribution is -0.116. The molecule has 1 aromatic heterocycles. The minimum Gasteiger partial charge on any atom is -0.325 e. The zero-order valence-electron chi connectivity index (χ0n) is 18.1. The van der Waals surface area contributed by atoms with Crippen molar-refractivity contribution in [1.29, 1.82) is 0 Å². The Bertz CT molecular complexity index is 1320. The van der Waals surface area contributed by atoms with Crippen LogP contribution in [0.1, 0.15) is 31.7 Å². The van der Waals surface area contributed by atoms with E-state index in [1.807, 2.05) is 26.0 Å². The molecule has 0 spiro atoms. The number of aryl methyl sites for hydroxylation is 1. The number of hydrogen-bond donors (Lipinski definition) is 1. The zero-order valence-corrected chi connectivity index (χ0v) is 18.9. The van der Waals surface area contributed by atoms with E-state index in [1.54, 1.807) is 18.2 Å². The summed E-state index contributed by atoms with van der Waals surface area (Å²) in [6.07, 6.45) is 4.05. The van der Waals surface area contributed by atoms with Crippen molar-refractivity contribution in [2.24, 2.45) is 0 Å². The van der Waals surface area contributed by atoms with Gasteiger partial charge in [-0.2, -0.15) is 4.31 Å². The van der Waals surface area contributed by atoms with Crippen LogP contribution in [0.2, 0.25) is 0 Å². The maximum Gasteiger partial charge on any atom is 0.348 e. The Hall–Kier alpha value is -3.04. The van der Waals surface area contributed by atoms with Crippen LogP contribution in [-0.4, -0.2) is 40.8 Å². The number of anilines is 1. The first-order chi connectivity index (χ1) is 15.3. The summed E-state index contributed by atoms with van der Waals surface area (Å²) >= 11 is 0. The maximum atomic E-state index is 13.2. The second-order valence-corrected chi connectivity index (χ2v) is 10.1. The van der Waals surface area contributed by atoms with E-state index in [4.69, 9.17) is 0 Å². The van der Waals surface area contributed by atoms with Crippen LogP contribution in [0, 0.1) is 6.92 Å². The highest BCUT2D eigenvalue weighted by Gasteiger charge is 2.31. The van der Waals surface area contributed by atoms with Gasteiger partial charge in [0, 0.05) is 29.9 Å². The van der Waals surface area contributed by atoms with Gasteiger partial charge < -0.3 is 5.32 Å². The summed E-state index contributed by atoms with van der Waals surface area (Å²) in [6.45, 7) is 4.14. The minimum atomic E-state index is -3.65. The third-order valence-corrected chi connectivity index (χ3v) is 7.83. The van der Waals surface area contributed by atoms with Gasteiger partial charge in [-0.25, -0.2) is 18.2 Å². The van der Waals surface area contributed by atoms with Crippen molar-refractivity contribution in [2.45, 2.75) is 50.6 Å². The van der Waals surface area contributed by atoms with E-state index in [0.717, 1.165) is 24.8 Å². The number of piperidine rings is 1. The molecule has 168 valence electrons. The summed E-state index contributed by atoms with van der Waals surface area (Å²) < 4.78 is 29.1. The lowest BCUT2D eigenvalue weighted by Gasteiger charge is -2.32. The second-order valence-electron chi connectivity index (χ2n) is 8.22. The molecule has 3 aromatic rings. The van der Waals surface area contributed by atoms with Crippen molar-refractivity contribution in [1.82, 2.24) is 13.9 Å². The molecule has 9 heteroatoms. The quantitative estimate of drug-likeness (QED) is 0.639. The molecule has 1 fully saturated rings. The molecule has 2 aromatic carbocycles. The molecule has 1 atom stereocenters. The number of sulfonamides is 1.